The van der Waals surface area contributed by atoms with Gasteiger partial charge in [-0.3, -0.25) is 9.98 Å². The number of rotatable bonds is 0. The van der Waals surface area contributed by atoms with Gasteiger partial charge in [-0.15, -0.1) is 0 Å². The summed E-state index contributed by atoms with van der Waals surface area (Å²) in [6.07, 6.45) is 7.76. The van der Waals surface area contributed by atoms with Crippen molar-refractivity contribution in [1.82, 2.24) is 30.6 Å². The number of fused-ring (bicyclic) bond motifs is 4. The zero-order chi connectivity index (χ0) is 29.6. The van der Waals surface area contributed by atoms with Crippen LogP contribution < -0.4 is 10.6 Å². The molecule has 44 heavy (non-hydrogen) atoms. The maximum absolute atomic E-state index is 5.00. The van der Waals surface area contributed by atoms with E-state index in [0.29, 0.717) is 13.1 Å². The summed E-state index contributed by atoms with van der Waals surface area (Å²) < 4.78 is 0. The molecule has 2 aromatic carbocycles. The van der Waals surface area contributed by atoms with Gasteiger partial charge in [0.05, 0.1) is 57.9 Å². The van der Waals surface area contributed by atoms with Crippen molar-refractivity contribution in [2.45, 2.75) is 51.9 Å². The molecule has 0 fully saturated rings. The maximum Gasteiger partial charge on any atom is 0.0968 e. The second-order valence-corrected chi connectivity index (χ2v) is 11.3. The number of benzene rings is 2. The van der Waals surface area contributed by atoms with Gasteiger partial charge in [0.2, 0.25) is 0 Å². The summed E-state index contributed by atoms with van der Waals surface area (Å²) in [6, 6.07) is 25.4. The average molecular weight is 581 g/mol. The lowest BCUT2D eigenvalue weighted by atomic mass is 10.1. The van der Waals surface area contributed by atoms with Crippen LogP contribution in [0.1, 0.15) is 48.5 Å². The topological polar surface area (TPSA) is 100 Å². The SMILES string of the molecule is C1=NCc2ccc3ccc4ccc(nc4c3n2)CNCCCCNCc2ccc3ccc4ccc(nc4c3n2)CN=CCC1. The Kier molecular flexibility index (Phi) is 8.52. The molecule has 7 rings (SSSR count). The Hall–Kier alpha value is -4.66. The monoisotopic (exact) mass is 580 g/mol. The van der Waals surface area contributed by atoms with E-state index in [4.69, 9.17) is 19.9 Å². The Morgan fingerprint density at radius 1 is 0.409 bits per heavy atom. The molecule has 0 saturated heterocycles. The zero-order valence-electron chi connectivity index (χ0n) is 24.8. The third kappa shape index (κ3) is 6.46. The van der Waals surface area contributed by atoms with Gasteiger partial charge in [0.1, 0.15) is 0 Å². The van der Waals surface area contributed by atoms with Crippen LogP contribution in [0.15, 0.2) is 82.8 Å². The van der Waals surface area contributed by atoms with Crippen molar-refractivity contribution in [3.05, 3.63) is 95.6 Å². The second-order valence-electron chi connectivity index (χ2n) is 11.3. The standard InChI is InChI=1S/C36H36N8/c1-2-18-38-22-30-14-10-26-7-8-28-12-16-32(44-36(28)35(26)42-30)24-40-20-4-3-19-39-23-31-15-11-27-6-5-25-9-13-29(21-37-17-1)41-33(25)34(27)43-31/h5-18,39-40H,1-4,19-24H2. The highest BCUT2D eigenvalue weighted by atomic mass is 14.9. The molecule has 8 nitrogen and oxygen atoms in total. The Morgan fingerprint density at radius 2 is 0.750 bits per heavy atom. The summed E-state index contributed by atoms with van der Waals surface area (Å²) in [5, 5.41) is 11.5. The van der Waals surface area contributed by atoms with Crippen molar-refractivity contribution in [2.75, 3.05) is 13.1 Å². The van der Waals surface area contributed by atoms with Crippen LogP contribution in [0.25, 0.3) is 43.6 Å². The lowest BCUT2D eigenvalue weighted by Gasteiger charge is -2.09. The van der Waals surface area contributed by atoms with E-state index in [-0.39, 0.29) is 0 Å². The summed E-state index contributed by atoms with van der Waals surface area (Å²) in [4.78, 5) is 29.2. The first kappa shape index (κ1) is 28.1. The molecule has 1 aliphatic rings. The van der Waals surface area contributed by atoms with Gasteiger partial charge >= 0.3 is 0 Å². The van der Waals surface area contributed by atoms with Crippen LogP contribution >= 0.6 is 0 Å². The number of nitrogens with zero attached hydrogens (tertiary/aromatic N) is 6. The minimum absolute atomic E-state index is 0.546. The van der Waals surface area contributed by atoms with Gasteiger partial charge in [0.15, 0.2) is 0 Å². The Morgan fingerprint density at radius 3 is 1.16 bits per heavy atom. The minimum Gasteiger partial charge on any atom is -0.311 e. The van der Waals surface area contributed by atoms with Crippen molar-refractivity contribution >= 4 is 56.0 Å². The first-order valence-electron chi connectivity index (χ1n) is 15.5. The molecular weight excluding hydrogens is 544 g/mol. The molecule has 0 radical (unpaired) electrons. The molecule has 8 bridgehead atoms. The van der Waals surface area contributed by atoms with Crippen LogP contribution in [0.5, 0.6) is 0 Å². The predicted molar refractivity (Wildman–Crippen MR) is 180 cm³/mol. The van der Waals surface area contributed by atoms with E-state index in [1.807, 2.05) is 12.4 Å². The summed E-state index contributed by atoms with van der Waals surface area (Å²) in [5.74, 6) is 0. The molecule has 4 aromatic heterocycles. The molecule has 1 aliphatic heterocycles. The van der Waals surface area contributed by atoms with E-state index in [1.165, 1.54) is 0 Å². The normalized spacial score (nSPS) is 15.8. The number of hydrogen-bond donors (Lipinski definition) is 2. The number of pyridine rings is 4. The summed E-state index contributed by atoms with van der Waals surface area (Å²) in [5.41, 5.74) is 7.71. The summed E-state index contributed by atoms with van der Waals surface area (Å²) in [7, 11) is 0. The van der Waals surface area contributed by atoms with E-state index in [2.05, 4.69) is 93.4 Å². The third-order valence-corrected chi connectivity index (χ3v) is 8.03. The second kappa shape index (κ2) is 13.3. The van der Waals surface area contributed by atoms with Crippen LogP contribution in [0.4, 0.5) is 0 Å². The Labute approximate surface area is 256 Å². The van der Waals surface area contributed by atoms with E-state index in [0.717, 1.165) is 118 Å². The molecule has 220 valence electrons. The summed E-state index contributed by atoms with van der Waals surface area (Å²) >= 11 is 0. The number of aliphatic imine (C=N–C) groups is 2. The molecule has 0 spiro atoms. The lowest BCUT2D eigenvalue weighted by molar-refractivity contribution is 0.577. The van der Waals surface area contributed by atoms with Crippen molar-refractivity contribution in [3.8, 4) is 0 Å². The quantitative estimate of drug-likeness (QED) is 0.200. The van der Waals surface area contributed by atoms with Crippen LogP contribution in [-0.4, -0.2) is 45.5 Å². The molecule has 0 aliphatic carbocycles. The molecular formula is C36H36N8. The summed E-state index contributed by atoms with van der Waals surface area (Å²) in [6.45, 7) is 4.44. The molecule has 0 amide bonds. The molecule has 2 N–H and O–H groups in total. The van der Waals surface area contributed by atoms with Crippen LogP contribution in [-0.2, 0) is 26.2 Å². The minimum atomic E-state index is 0.546. The highest BCUT2D eigenvalue weighted by Crippen LogP contribution is 2.25. The first-order chi connectivity index (χ1) is 21.8. The van der Waals surface area contributed by atoms with Gasteiger partial charge in [-0.25, -0.2) is 19.9 Å². The van der Waals surface area contributed by atoms with Crippen molar-refractivity contribution in [2.24, 2.45) is 9.98 Å². The Bertz CT molecular complexity index is 1850. The Balaban J connectivity index is 1.11. The molecule has 0 saturated carbocycles. The third-order valence-electron chi connectivity index (χ3n) is 8.03. The van der Waals surface area contributed by atoms with Crippen molar-refractivity contribution in [3.63, 3.8) is 0 Å². The zero-order valence-corrected chi connectivity index (χ0v) is 24.8. The predicted octanol–water partition coefficient (Wildman–Crippen LogP) is 6.47. The molecule has 8 heteroatoms. The maximum atomic E-state index is 5.00. The van der Waals surface area contributed by atoms with Crippen molar-refractivity contribution in [1.29, 1.82) is 0 Å². The van der Waals surface area contributed by atoms with Gasteiger partial charge in [-0.2, -0.15) is 0 Å². The van der Waals surface area contributed by atoms with E-state index in [9.17, 15) is 0 Å². The van der Waals surface area contributed by atoms with E-state index >= 15 is 0 Å². The van der Waals surface area contributed by atoms with Crippen LogP contribution in [0.2, 0.25) is 0 Å². The number of hydrogen-bond acceptors (Lipinski definition) is 8. The molecule has 0 atom stereocenters. The van der Waals surface area contributed by atoms with Gasteiger partial charge in [0.25, 0.3) is 0 Å². The van der Waals surface area contributed by atoms with E-state index < -0.39 is 0 Å². The van der Waals surface area contributed by atoms with E-state index in [1.54, 1.807) is 0 Å². The average Bonchev–Trinajstić information content (AvgIpc) is 3.06. The molecule has 0 unspecified atom stereocenters. The number of nitrogens with one attached hydrogen (secondary N) is 2. The molecule has 6 aromatic rings. The van der Waals surface area contributed by atoms with Crippen LogP contribution in [0.3, 0.4) is 0 Å². The molecule has 5 heterocycles. The number of aromatic nitrogens is 4. The van der Waals surface area contributed by atoms with Gasteiger partial charge in [0, 0.05) is 34.6 Å². The largest absolute Gasteiger partial charge is 0.311 e. The van der Waals surface area contributed by atoms with Gasteiger partial charge in [-0.1, -0.05) is 48.5 Å². The fraction of sp³-hybridized carbons (Fsp3) is 0.278. The lowest BCUT2D eigenvalue weighted by Crippen LogP contribution is -2.19. The highest BCUT2D eigenvalue weighted by molar-refractivity contribution is 6.03. The van der Waals surface area contributed by atoms with Gasteiger partial charge < -0.3 is 10.6 Å². The van der Waals surface area contributed by atoms with Crippen LogP contribution in [0, 0.1) is 0 Å². The first-order valence-corrected chi connectivity index (χ1v) is 15.5. The fourth-order valence-electron chi connectivity index (χ4n) is 5.65. The van der Waals surface area contributed by atoms with Gasteiger partial charge in [-0.05, 0) is 75.5 Å². The smallest absolute Gasteiger partial charge is 0.0968 e. The fourth-order valence-corrected chi connectivity index (χ4v) is 5.65. The van der Waals surface area contributed by atoms with Crippen molar-refractivity contribution < 1.29 is 0 Å². The highest BCUT2D eigenvalue weighted by Gasteiger charge is 2.08.